The molecule has 0 spiro atoms. The first-order chi connectivity index (χ1) is 6.83. The van der Waals surface area contributed by atoms with Crippen LogP contribution in [0.15, 0.2) is 24.5 Å². The van der Waals surface area contributed by atoms with Gasteiger partial charge < -0.3 is 0 Å². The number of nitrogens with zero attached hydrogens (tertiary/aromatic N) is 1. The molecule has 0 aromatic carbocycles. The van der Waals surface area contributed by atoms with Crippen LogP contribution in [0, 0.1) is 5.92 Å². The van der Waals surface area contributed by atoms with Gasteiger partial charge in [-0.1, -0.05) is 33.1 Å². The van der Waals surface area contributed by atoms with Gasteiger partial charge in [-0.25, -0.2) is 0 Å². The third-order valence-corrected chi connectivity index (χ3v) is 2.73. The van der Waals surface area contributed by atoms with Crippen LogP contribution < -0.4 is 0 Å². The van der Waals surface area contributed by atoms with Crippen LogP contribution >= 0.6 is 0 Å². The van der Waals surface area contributed by atoms with E-state index in [9.17, 15) is 0 Å². The summed E-state index contributed by atoms with van der Waals surface area (Å²) in [4.78, 5) is 4.02. The smallest absolute Gasteiger partial charge is 0.0270 e. The zero-order valence-corrected chi connectivity index (χ0v) is 9.37. The number of aromatic nitrogens is 1. The van der Waals surface area contributed by atoms with Crippen LogP contribution in [0.2, 0.25) is 0 Å². The SMILES string of the molecule is CCCCC(C)CCc1ccncc1. The van der Waals surface area contributed by atoms with Gasteiger partial charge in [-0.2, -0.15) is 0 Å². The van der Waals surface area contributed by atoms with Crippen molar-refractivity contribution in [2.75, 3.05) is 0 Å². The molecule has 0 N–H and O–H groups in total. The van der Waals surface area contributed by atoms with Gasteiger partial charge in [0.15, 0.2) is 0 Å². The Bertz CT molecular complexity index is 230. The number of aryl methyl sites for hydroxylation is 1. The van der Waals surface area contributed by atoms with E-state index in [0.717, 1.165) is 5.92 Å². The average Bonchev–Trinajstić information content (AvgIpc) is 2.25. The first-order valence-corrected chi connectivity index (χ1v) is 5.71. The van der Waals surface area contributed by atoms with Crippen molar-refractivity contribution in [3.8, 4) is 0 Å². The molecule has 0 fully saturated rings. The lowest BCUT2D eigenvalue weighted by atomic mass is 9.97. The zero-order chi connectivity index (χ0) is 10.2. The van der Waals surface area contributed by atoms with Crippen molar-refractivity contribution in [1.29, 1.82) is 0 Å². The van der Waals surface area contributed by atoms with Gasteiger partial charge in [-0.05, 0) is 36.5 Å². The van der Waals surface area contributed by atoms with Gasteiger partial charge in [-0.3, -0.25) is 4.98 Å². The fourth-order valence-corrected chi connectivity index (χ4v) is 1.66. The second-order valence-electron chi connectivity index (χ2n) is 4.14. The number of unbranched alkanes of at least 4 members (excludes halogenated alkanes) is 1. The predicted octanol–water partition coefficient (Wildman–Crippen LogP) is 3.84. The molecule has 14 heavy (non-hydrogen) atoms. The van der Waals surface area contributed by atoms with Crippen LogP contribution in [0.1, 0.15) is 45.1 Å². The molecular formula is C13H21N. The van der Waals surface area contributed by atoms with E-state index >= 15 is 0 Å². The summed E-state index contributed by atoms with van der Waals surface area (Å²) in [6, 6.07) is 4.24. The van der Waals surface area contributed by atoms with Crippen molar-refractivity contribution >= 4 is 0 Å². The molecule has 0 bridgehead atoms. The van der Waals surface area contributed by atoms with E-state index in [2.05, 4.69) is 31.0 Å². The first kappa shape index (κ1) is 11.2. The molecule has 0 aliphatic rings. The summed E-state index contributed by atoms with van der Waals surface area (Å²) in [5.41, 5.74) is 1.42. The Morgan fingerprint density at radius 3 is 2.57 bits per heavy atom. The summed E-state index contributed by atoms with van der Waals surface area (Å²) in [5.74, 6) is 0.864. The Kier molecular flexibility index (Phi) is 5.28. The second kappa shape index (κ2) is 6.58. The van der Waals surface area contributed by atoms with Crippen molar-refractivity contribution in [1.82, 2.24) is 4.98 Å². The summed E-state index contributed by atoms with van der Waals surface area (Å²) in [6.45, 7) is 4.62. The molecule has 1 aromatic rings. The minimum atomic E-state index is 0.864. The molecule has 1 heterocycles. The molecule has 1 aromatic heterocycles. The number of hydrogen-bond acceptors (Lipinski definition) is 1. The quantitative estimate of drug-likeness (QED) is 0.665. The maximum absolute atomic E-state index is 4.02. The Morgan fingerprint density at radius 2 is 1.93 bits per heavy atom. The van der Waals surface area contributed by atoms with Crippen molar-refractivity contribution in [3.05, 3.63) is 30.1 Å². The van der Waals surface area contributed by atoms with Gasteiger partial charge in [0.1, 0.15) is 0 Å². The van der Waals surface area contributed by atoms with E-state index in [-0.39, 0.29) is 0 Å². The number of hydrogen-bond donors (Lipinski definition) is 0. The summed E-state index contributed by atoms with van der Waals surface area (Å²) < 4.78 is 0. The summed E-state index contributed by atoms with van der Waals surface area (Å²) >= 11 is 0. The minimum absolute atomic E-state index is 0.864. The van der Waals surface area contributed by atoms with Crippen LogP contribution in [-0.2, 0) is 6.42 Å². The van der Waals surface area contributed by atoms with Gasteiger partial charge >= 0.3 is 0 Å². The molecule has 0 aliphatic carbocycles. The maximum atomic E-state index is 4.02. The number of pyridine rings is 1. The molecule has 78 valence electrons. The Morgan fingerprint density at radius 1 is 1.21 bits per heavy atom. The number of rotatable bonds is 6. The van der Waals surface area contributed by atoms with Crippen molar-refractivity contribution < 1.29 is 0 Å². The fourth-order valence-electron chi connectivity index (χ4n) is 1.66. The highest BCUT2D eigenvalue weighted by Gasteiger charge is 2.01. The summed E-state index contributed by atoms with van der Waals surface area (Å²) in [5, 5.41) is 0. The van der Waals surface area contributed by atoms with Gasteiger partial charge in [0.05, 0.1) is 0 Å². The molecule has 1 nitrogen and oxygen atoms in total. The van der Waals surface area contributed by atoms with E-state index in [1.165, 1.54) is 37.7 Å². The van der Waals surface area contributed by atoms with Gasteiger partial charge in [0.2, 0.25) is 0 Å². The van der Waals surface area contributed by atoms with E-state index < -0.39 is 0 Å². The van der Waals surface area contributed by atoms with E-state index in [4.69, 9.17) is 0 Å². The van der Waals surface area contributed by atoms with Gasteiger partial charge in [0, 0.05) is 12.4 Å². The van der Waals surface area contributed by atoms with Crippen LogP contribution in [0.5, 0.6) is 0 Å². The molecule has 0 aliphatic heterocycles. The third-order valence-electron chi connectivity index (χ3n) is 2.73. The lowest BCUT2D eigenvalue weighted by Gasteiger charge is -2.09. The molecule has 1 rings (SSSR count). The van der Waals surface area contributed by atoms with Crippen LogP contribution in [0.25, 0.3) is 0 Å². The molecule has 1 heteroatoms. The standard InChI is InChI=1S/C13H21N/c1-3-4-5-12(2)6-7-13-8-10-14-11-9-13/h8-12H,3-7H2,1-2H3. The molecule has 1 atom stereocenters. The molecule has 1 unspecified atom stereocenters. The third kappa shape index (κ3) is 4.40. The lowest BCUT2D eigenvalue weighted by Crippen LogP contribution is -1.97. The normalized spacial score (nSPS) is 12.7. The van der Waals surface area contributed by atoms with Crippen LogP contribution in [-0.4, -0.2) is 4.98 Å². The molecular weight excluding hydrogens is 170 g/mol. The van der Waals surface area contributed by atoms with Crippen molar-refractivity contribution in [3.63, 3.8) is 0 Å². The highest BCUT2D eigenvalue weighted by Crippen LogP contribution is 2.14. The summed E-state index contributed by atoms with van der Waals surface area (Å²) in [6.07, 6.45) is 10.3. The second-order valence-corrected chi connectivity index (χ2v) is 4.14. The first-order valence-electron chi connectivity index (χ1n) is 5.71. The van der Waals surface area contributed by atoms with E-state index in [1.807, 2.05) is 12.4 Å². The fraction of sp³-hybridized carbons (Fsp3) is 0.615. The Labute approximate surface area is 87.6 Å². The average molecular weight is 191 g/mol. The van der Waals surface area contributed by atoms with E-state index in [1.54, 1.807) is 0 Å². The van der Waals surface area contributed by atoms with Crippen molar-refractivity contribution in [2.24, 2.45) is 5.92 Å². The highest BCUT2D eigenvalue weighted by molar-refractivity contribution is 5.09. The Balaban J connectivity index is 2.20. The molecule has 0 saturated carbocycles. The minimum Gasteiger partial charge on any atom is -0.265 e. The van der Waals surface area contributed by atoms with Gasteiger partial charge in [-0.15, -0.1) is 0 Å². The van der Waals surface area contributed by atoms with E-state index in [0.29, 0.717) is 0 Å². The monoisotopic (exact) mass is 191 g/mol. The highest BCUT2D eigenvalue weighted by atomic mass is 14.6. The van der Waals surface area contributed by atoms with Crippen LogP contribution in [0.3, 0.4) is 0 Å². The lowest BCUT2D eigenvalue weighted by molar-refractivity contribution is 0.472. The van der Waals surface area contributed by atoms with Crippen LogP contribution in [0.4, 0.5) is 0 Å². The molecule has 0 amide bonds. The molecule has 0 saturated heterocycles. The topological polar surface area (TPSA) is 12.9 Å². The molecule has 0 radical (unpaired) electrons. The van der Waals surface area contributed by atoms with Gasteiger partial charge in [0.25, 0.3) is 0 Å². The zero-order valence-electron chi connectivity index (χ0n) is 9.37. The predicted molar refractivity (Wildman–Crippen MR) is 61.2 cm³/mol. The van der Waals surface area contributed by atoms with Crippen molar-refractivity contribution in [2.45, 2.75) is 46.0 Å². The largest absolute Gasteiger partial charge is 0.265 e. The summed E-state index contributed by atoms with van der Waals surface area (Å²) in [7, 11) is 0. The Hall–Kier alpha value is -0.850. The maximum Gasteiger partial charge on any atom is 0.0270 e.